The van der Waals surface area contributed by atoms with Crippen LogP contribution in [0.1, 0.15) is 11.8 Å². The van der Waals surface area contributed by atoms with Crippen molar-refractivity contribution in [2.24, 2.45) is 28.1 Å². The van der Waals surface area contributed by atoms with Crippen molar-refractivity contribution in [3.05, 3.63) is 35.9 Å². The van der Waals surface area contributed by atoms with Crippen molar-refractivity contribution in [2.45, 2.75) is 6.23 Å². The summed E-state index contributed by atoms with van der Waals surface area (Å²) in [6.07, 6.45) is 4.58. The van der Waals surface area contributed by atoms with Crippen LogP contribution in [0.2, 0.25) is 0 Å². The van der Waals surface area contributed by atoms with Crippen molar-refractivity contribution in [3.8, 4) is 12.3 Å². The second-order valence-corrected chi connectivity index (χ2v) is 3.64. The van der Waals surface area contributed by atoms with Crippen LogP contribution in [0.5, 0.6) is 0 Å². The molecule has 0 aliphatic heterocycles. The first-order chi connectivity index (χ1) is 9.06. The van der Waals surface area contributed by atoms with E-state index in [-0.39, 0.29) is 18.5 Å². The van der Waals surface area contributed by atoms with Crippen LogP contribution in [0.25, 0.3) is 0 Å². The van der Waals surface area contributed by atoms with Crippen molar-refractivity contribution in [1.29, 1.82) is 0 Å². The fourth-order valence-electron chi connectivity index (χ4n) is 1.43. The first-order valence-corrected chi connectivity index (χ1v) is 5.44. The standard InChI is InChI=1S/C12H16N6O/c1-2-8-18(12(15)16)10(19-17-11(13)14)9-6-4-3-5-7-9/h1,3-7,10H,8H2,(H7,13,14,15,16,17)/p+1. The van der Waals surface area contributed by atoms with Crippen molar-refractivity contribution in [2.75, 3.05) is 6.54 Å². The van der Waals surface area contributed by atoms with Gasteiger partial charge in [0, 0.05) is 5.56 Å². The molecule has 100 valence electrons. The van der Waals surface area contributed by atoms with Crippen LogP contribution in [-0.4, -0.2) is 23.0 Å². The second kappa shape index (κ2) is 6.76. The first-order valence-electron chi connectivity index (χ1n) is 5.44. The van der Waals surface area contributed by atoms with E-state index in [0.717, 1.165) is 5.56 Å². The largest absolute Gasteiger partial charge is 0.367 e. The van der Waals surface area contributed by atoms with Crippen LogP contribution in [0.15, 0.2) is 35.5 Å². The second-order valence-electron chi connectivity index (χ2n) is 3.64. The van der Waals surface area contributed by atoms with Gasteiger partial charge in [-0.05, 0) is 5.16 Å². The van der Waals surface area contributed by atoms with E-state index < -0.39 is 6.23 Å². The number of rotatable bonds is 5. The Kier molecular flexibility index (Phi) is 5.04. The van der Waals surface area contributed by atoms with E-state index in [1.165, 1.54) is 4.58 Å². The van der Waals surface area contributed by atoms with Crippen molar-refractivity contribution >= 4 is 11.9 Å². The maximum absolute atomic E-state index is 5.60. The van der Waals surface area contributed by atoms with Crippen molar-refractivity contribution < 1.29 is 9.41 Å². The molecule has 7 nitrogen and oxygen atoms in total. The summed E-state index contributed by atoms with van der Waals surface area (Å²) in [7, 11) is 0. The summed E-state index contributed by atoms with van der Waals surface area (Å²) in [5, 5.41) is 3.52. The minimum Gasteiger partial charge on any atom is -0.367 e. The molecule has 0 spiro atoms. The zero-order valence-corrected chi connectivity index (χ0v) is 10.4. The molecular formula is C12H17N6O+. The van der Waals surface area contributed by atoms with E-state index in [1.54, 1.807) is 0 Å². The van der Waals surface area contributed by atoms with Crippen LogP contribution in [0.3, 0.4) is 0 Å². The van der Waals surface area contributed by atoms with E-state index in [0.29, 0.717) is 0 Å². The van der Waals surface area contributed by atoms with Gasteiger partial charge in [-0.25, -0.2) is 4.58 Å². The summed E-state index contributed by atoms with van der Waals surface area (Å²) < 4.78 is 1.46. The maximum atomic E-state index is 5.60. The summed E-state index contributed by atoms with van der Waals surface area (Å²) in [5.41, 5.74) is 22.4. The van der Waals surface area contributed by atoms with Gasteiger partial charge in [0.15, 0.2) is 0 Å². The zero-order valence-electron chi connectivity index (χ0n) is 10.4. The fourth-order valence-corrected chi connectivity index (χ4v) is 1.43. The highest BCUT2D eigenvalue weighted by Crippen LogP contribution is 2.18. The SMILES string of the molecule is C#CC[N+](=C(N)N)C(ON=C(N)N)c1ccccc1. The van der Waals surface area contributed by atoms with Gasteiger partial charge in [-0.3, -0.25) is 11.5 Å². The predicted molar refractivity (Wildman–Crippen MR) is 73.4 cm³/mol. The minimum atomic E-state index is -0.704. The highest BCUT2D eigenvalue weighted by molar-refractivity contribution is 5.75. The Balaban J connectivity index is 3.16. The molecule has 19 heavy (non-hydrogen) atoms. The molecular weight excluding hydrogens is 244 g/mol. The number of hydrogen-bond donors (Lipinski definition) is 4. The number of nitrogens with zero attached hydrogens (tertiary/aromatic N) is 2. The van der Waals surface area contributed by atoms with Gasteiger partial charge in [-0.1, -0.05) is 36.3 Å². The summed E-state index contributed by atoms with van der Waals surface area (Å²) >= 11 is 0. The van der Waals surface area contributed by atoms with Gasteiger partial charge >= 0.3 is 5.96 Å². The lowest BCUT2D eigenvalue weighted by atomic mass is 10.2. The van der Waals surface area contributed by atoms with Crippen LogP contribution in [0, 0.1) is 12.3 Å². The van der Waals surface area contributed by atoms with Gasteiger partial charge in [0.2, 0.25) is 5.96 Å². The molecule has 0 fully saturated rings. The minimum absolute atomic E-state index is 0.0117. The molecule has 1 rings (SSSR count). The van der Waals surface area contributed by atoms with Crippen molar-refractivity contribution in [1.82, 2.24) is 0 Å². The fraction of sp³-hybridized carbons (Fsp3) is 0.167. The zero-order chi connectivity index (χ0) is 14.3. The molecule has 0 saturated heterocycles. The number of nitrogens with two attached hydrogens (primary N) is 4. The third-order valence-corrected chi connectivity index (χ3v) is 2.22. The van der Waals surface area contributed by atoms with E-state index in [2.05, 4.69) is 11.1 Å². The molecule has 8 N–H and O–H groups in total. The molecule has 1 atom stereocenters. The molecule has 0 heterocycles. The third-order valence-electron chi connectivity index (χ3n) is 2.22. The molecule has 1 unspecified atom stereocenters. The van der Waals surface area contributed by atoms with Gasteiger partial charge in [0.05, 0.1) is 0 Å². The number of benzene rings is 1. The molecule has 0 saturated carbocycles. The van der Waals surface area contributed by atoms with Gasteiger partial charge in [-0.2, -0.15) is 0 Å². The lowest BCUT2D eigenvalue weighted by molar-refractivity contribution is -0.614. The average molecular weight is 261 g/mol. The highest BCUT2D eigenvalue weighted by atomic mass is 16.6. The molecule has 1 aromatic rings. The van der Waals surface area contributed by atoms with Gasteiger partial charge < -0.3 is 16.3 Å². The Morgan fingerprint density at radius 1 is 1.26 bits per heavy atom. The summed E-state index contributed by atoms with van der Waals surface area (Å²) in [4.78, 5) is 5.25. The smallest absolute Gasteiger partial charge is 0.345 e. The summed E-state index contributed by atoms with van der Waals surface area (Å²) in [5.74, 6) is 2.24. The summed E-state index contributed by atoms with van der Waals surface area (Å²) in [6, 6.07) is 9.17. The van der Waals surface area contributed by atoms with Crippen LogP contribution in [0.4, 0.5) is 0 Å². The summed E-state index contributed by atoms with van der Waals surface area (Å²) in [6.45, 7) is 0.155. The van der Waals surface area contributed by atoms with E-state index in [9.17, 15) is 0 Å². The highest BCUT2D eigenvalue weighted by Gasteiger charge is 2.22. The van der Waals surface area contributed by atoms with E-state index >= 15 is 0 Å². The molecule has 0 amide bonds. The number of hydrogen-bond acceptors (Lipinski definition) is 2. The lowest BCUT2D eigenvalue weighted by Gasteiger charge is -2.17. The Hall–Kier alpha value is -2.88. The predicted octanol–water partition coefficient (Wildman–Crippen LogP) is -1.19. The van der Waals surface area contributed by atoms with Crippen molar-refractivity contribution in [3.63, 3.8) is 0 Å². The number of guanidine groups is 2. The lowest BCUT2D eigenvalue weighted by Crippen LogP contribution is -2.39. The molecule has 0 aliphatic rings. The van der Waals surface area contributed by atoms with E-state index in [4.69, 9.17) is 34.2 Å². The molecule has 1 aromatic carbocycles. The van der Waals surface area contributed by atoms with Crippen LogP contribution < -0.4 is 22.9 Å². The van der Waals surface area contributed by atoms with Crippen LogP contribution >= 0.6 is 0 Å². The number of terminal acetylenes is 1. The molecule has 0 aromatic heterocycles. The maximum Gasteiger partial charge on any atom is 0.345 e. The monoisotopic (exact) mass is 261 g/mol. The molecule has 0 bridgehead atoms. The Morgan fingerprint density at radius 2 is 1.89 bits per heavy atom. The third kappa shape index (κ3) is 4.12. The van der Waals surface area contributed by atoms with Gasteiger partial charge in [0.1, 0.15) is 6.54 Å². The Morgan fingerprint density at radius 3 is 2.37 bits per heavy atom. The van der Waals surface area contributed by atoms with Crippen LogP contribution in [-0.2, 0) is 4.84 Å². The number of oxime groups is 1. The quantitative estimate of drug-likeness (QED) is 0.132. The molecule has 0 radical (unpaired) electrons. The topological polar surface area (TPSA) is 129 Å². The van der Waals surface area contributed by atoms with Gasteiger partial charge in [-0.15, -0.1) is 6.42 Å². The molecule has 7 heteroatoms. The Labute approximate surface area is 111 Å². The molecule has 0 aliphatic carbocycles. The van der Waals surface area contributed by atoms with Gasteiger partial charge in [0.25, 0.3) is 6.23 Å². The van der Waals surface area contributed by atoms with E-state index in [1.807, 2.05) is 30.3 Å². The average Bonchev–Trinajstić information content (AvgIpc) is 2.38. The normalized spacial score (nSPS) is 10.9. The Bertz CT molecular complexity index is 509. The first kappa shape index (κ1) is 14.2.